The summed E-state index contributed by atoms with van der Waals surface area (Å²) in [5.41, 5.74) is 7.49. The van der Waals surface area contributed by atoms with Gasteiger partial charge in [0.15, 0.2) is 0 Å². The third-order valence-electron chi connectivity index (χ3n) is 4.74. The van der Waals surface area contributed by atoms with E-state index < -0.39 is 0 Å². The number of fused-ring (bicyclic) bond motifs is 1. The Morgan fingerprint density at radius 2 is 2.14 bits per heavy atom. The first-order valence-corrected chi connectivity index (χ1v) is 8.61. The van der Waals surface area contributed by atoms with Gasteiger partial charge in [-0.3, -0.25) is 11.3 Å². The fraction of sp³-hybridized carbons (Fsp3) is 0.444. The zero-order valence-electron chi connectivity index (χ0n) is 12.9. The summed E-state index contributed by atoms with van der Waals surface area (Å²) in [5.74, 6) is 6.48. The molecule has 1 aliphatic carbocycles. The van der Waals surface area contributed by atoms with Crippen LogP contribution < -0.4 is 11.3 Å². The predicted octanol–water partition coefficient (Wildman–Crippen LogP) is 4.38. The van der Waals surface area contributed by atoms with Crippen molar-refractivity contribution in [2.45, 2.75) is 51.5 Å². The minimum atomic E-state index is 0.263. The van der Waals surface area contributed by atoms with Gasteiger partial charge in [-0.25, -0.2) is 0 Å². The van der Waals surface area contributed by atoms with Crippen molar-refractivity contribution in [3.05, 3.63) is 56.8 Å². The molecule has 0 saturated heterocycles. The van der Waals surface area contributed by atoms with E-state index in [0.29, 0.717) is 5.92 Å². The van der Waals surface area contributed by atoms with Crippen LogP contribution in [0.4, 0.5) is 0 Å². The molecule has 0 fully saturated rings. The second-order valence-corrected chi connectivity index (χ2v) is 7.42. The average Bonchev–Trinajstić information content (AvgIpc) is 2.84. The highest BCUT2D eigenvalue weighted by atomic mass is 32.1. The van der Waals surface area contributed by atoms with Crippen molar-refractivity contribution in [2.24, 2.45) is 5.84 Å². The molecule has 112 valence electrons. The fourth-order valence-corrected chi connectivity index (χ4v) is 4.54. The Morgan fingerprint density at radius 3 is 2.86 bits per heavy atom. The van der Waals surface area contributed by atoms with Gasteiger partial charge in [0.2, 0.25) is 0 Å². The van der Waals surface area contributed by atoms with Crippen LogP contribution in [0.15, 0.2) is 30.3 Å². The molecule has 0 saturated carbocycles. The zero-order chi connectivity index (χ0) is 14.8. The largest absolute Gasteiger partial charge is 0.271 e. The Morgan fingerprint density at radius 1 is 1.33 bits per heavy atom. The lowest BCUT2D eigenvalue weighted by Gasteiger charge is -2.28. The molecule has 1 heterocycles. The van der Waals surface area contributed by atoms with Crippen molar-refractivity contribution in [3.8, 4) is 0 Å². The molecule has 3 heteroatoms. The monoisotopic (exact) mass is 300 g/mol. The van der Waals surface area contributed by atoms with E-state index in [9.17, 15) is 0 Å². The standard InChI is InChI=1S/C18H24N2S/c1-12-10-18(21-13(12)2)17(20-19)11-15-8-5-7-14-6-3-4-9-16(14)15/h3-4,6,9-10,15,17,20H,5,7-8,11,19H2,1-2H3. The second kappa shape index (κ2) is 6.30. The topological polar surface area (TPSA) is 38.0 Å². The van der Waals surface area contributed by atoms with Crippen molar-refractivity contribution in [3.63, 3.8) is 0 Å². The molecule has 0 radical (unpaired) electrons. The molecule has 2 nitrogen and oxygen atoms in total. The third kappa shape index (κ3) is 3.05. The number of hydrogen-bond acceptors (Lipinski definition) is 3. The highest BCUT2D eigenvalue weighted by Crippen LogP contribution is 2.39. The summed E-state index contributed by atoms with van der Waals surface area (Å²) < 4.78 is 0. The molecule has 0 amide bonds. The summed E-state index contributed by atoms with van der Waals surface area (Å²) in [6.07, 6.45) is 4.89. The van der Waals surface area contributed by atoms with Gasteiger partial charge in [-0.2, -0.15) is 0 Å². The molecular formula is C18H24N2S. The highest BCUT2D eigenvalue weighted by Gasteiger charge is 2.24. The zero-order valence-corrected chi connectivity index (χ0v) is 13.7. The van der Waals surface area contributed by atoms with Crippen LogP contribution in [0.25, 0.3) is 0 Å². The van der Waals surface area contributed by atoms with Gasteiger partial charge in [-0.15, -0.1) is 11.3 Å². The van der Waals surface area contributed by atoms with Crippen LogP contribution >= 0.6 is 11.3 Å². The van der Waals surface area contributed by atoms with E-state index in [1.54, 1.807) is 0 Å². The van der Waals surface area contributed by atoms with Crippen LogP contribution in [0.1, 0.15) is 57.7 Å². The molecule has 2 unspecified atom stereocenters. The lowest BCUT2D eigenvalue weighted by atomic mass is 9.79. The van der Waals surface area contributed by atoms with E-state index in [-0.39, 0.29) is 6.04 Å². The van der Waals surface area contributed by atoms with Crippen molar-refractivity contribution in [1.82, 2.24) is 5.43 Å². The summed E-state index contributed by atoms with van der Waals surface area (Å²) in [7, 11) is 0. The van der Waals surface area contributed by atoms with Gasteiger partial charge >= 0.3 is 0 Å². The van der Waals surface area contributed by atoms with Crippen LogP contribution in [0.3, 0.4) is 0 Å². The van der Waals surface area contributed by atoms with Crippen LogP contribution in [-0.2, 0) is 6.42 Å². The molecule has 2 atom stereocenters. The van der Waals surface area contributed by atoms with Crippen LogP contribution in [0, 0.1) is 13.8 Å². The first kappa shape index (κ1) is 14.8. The maximum absolute atomic E-state index is 5.86. The van der Waals surface area contributed by atoms with Gasteiger partial charge in [-0.1, -0.05) is 24.3 Å². The minimum absolute atomic E-state index is 0.263. The van der Waals surface area contributed by atoms with E-state index in [1.807, 2.05) is 11.3 Å². The number of nitrogens with one attached hydrogen (secondary N) is 1. The Kier molecular flexibility index (Phi) is 4.43. The molecule has 1 aromatic heterocycles. The molecule has 1 aliphatic rings. The molecular weight excluding hydrogens is 276 g/mol. The number of nitrogens with two attached hydrogens (primary N) is 1. The first-order chi connectivity index (χ1) is 10.2. The van der Waals surface area contributed by atoms with Crippen LogP contribution in [0.5, 0.6) is 0 Å². The molecule has 3 rings (SSSR count). The lowest BCUT2D eigenvalue weighted by Crippen LogP contribution is -2.29. The predicted molar refractivity (Wildman–Crippen MR) is 90.6 cm³/mol. The van der Waals surface area contributed by atoms with Crippen LogP contribution in [-0.4, -0.2) is 0 Å². The van der Waals surface area contributed by atoms with Gasteiger partial charge in [0, 0.05) is 9.75 Å². The first-order valence-electron chi connectivity index (χ1n) is 7.80. The quantitative estimate of drug-likeness (QED) is 0.649. The second-order valence-electron chi connectivity index (χ2n) is 6.13. The molecule has 2 aromatic rings. The van der Waals surface area contributed by atoms with Crippen molar-refractivity contribution in [2.75, 3.05) is 0 Å². The smallest absolute Gasteiger partial charge is 0.0559 e. The average molecular weight is 300 g/mol. The lowest BCUT2D eigenvalue weighted by molar-refractivity contribution is 0.429. The van der Waals surface area contributed by atoms with Gasteiger partial charge in [0.05, 0.1) is 6.04 Å². The summed E-state index contributed by atoms with van der Waals surface area (Å²) in [6, 6.07) is 11.5. The van der Waals surface area contributed by atoms with Gasteiger partial charge in [-0.05, 0) is 68.2 Å². The number of hydrazine groups is 1. The number of thiophene rings is 1. The summed E-state index contributed by atoms with van der Waals surface area (Å²) >= 11 is 1.87. The summed E-state index contributed by atoms with van der Waals surface area (Å²) in [5, 5.41) is 0. The molecule has 0 aliphatic heterocycles. The number of rotatable bonds is 4. The van der Waals surface area contributed by atoms with Crippen molar-refractivity contribution < 1.29 is 0 Å². The summed E-state index contributed by atoms with van der Waals surface area (Å²) in [4.78, 5) is 2.77. The van der Waals surface area contributed by atoms with E-state index in [2.05, 4.69) is 49.6 Å². The maximum atomic E-state index is 5.86. The van der Waals surface area contributed by atoms with Crippen LogP contribution in [0.2, 0.25) is 0 Å². The Labute approximate surface area is 131 Å². The minimum Gasteiger partial charge on any atom is -0.271 e. The third-order valence-corrected chi connectivity index (χ3v) is 6.01. The molecule has 21 heavy (non-hydrogen) atoms. The number of aryl methyl sites for hydroxylation is 3. The van der Waals surface area contributed by atoms with E-state index in [4.69, 9.17) is 5.84 Å². The molecule has 3 N–H and O–H groups in total. The van der Waals surface area contributed by atoms with E-state index in [1.165, 1.54) is 45.7 Å². The number of benzene rings is 1. The molecule has 0 spiro atoms. The Bertz CT molecular complexity index is 598. The van der Waals surface area contributed by atoms with Gasteiger partial charge in [0.1, 0.15) is 0 Å². The Hall–Kier alpha value is -1.16. The van der Waals surface area contributed by atoms with Gasteiger partial charge in [0.25, 0.3) is 0 Å². The van der Waals surface area contributed by atoms with E-state index in [0.717, 1.165) is 6.42 Å². The molecule has 1 aromatic carbocycles. The van der Waals surface area contributed by atoms with Gasteiger partial charge < -0.3 is 0 Å². The van der Waals surface area contributed by atoms with Crippen molar-refractivity contribution >= 4 is 11.3 Å². The normalized spacial score (nSPS) is 19.3. The van der Waals surface area contributed by atoms with E-state index >= 15 is 0 Å². The highest BCUT2D eigenvalue weighted by molar-refractivity contribution is 7.12. The fourth-order valence-electron chi connectivity index (χ4n) is 3.42. The Balaban J connectivity index is 1.82. The SMILES string of the molecule is Cc1cc(C(CC2CCCc3ccccc32)NN)sc1C. The summed E-state index contributed by atoms with van der Waals surface area (Å²) in [6.45, 7) is 4.37. The number of hydrogen-bond donors (Lipinski definition) is 2. The maximum Gasteiger partial charge on any atom is 0.0559 e. The van der Waals surface area contributed by atoms with Crippen molar-refractivity contribution in [1.29, 1.82) is 0 Å². The molecule has 0 bridgehead atoms.